The van der Waals surface area contributed by atoms with E-state index in [4.69, 9.17) is 5.26 Å². The number of amides is 2. The molecular formula is C14H10FN3O. The molecule has 0 unspecified atom stereocenters. The molecule has 0 spiro atoms. The molecule has 94 valence electrons. The highest BCUT2D eigenvalue weighted by atomic mass is 19.1. The molecule has 2 aromatic rings. The Morgan fingerprint density at radius 1 is 1.11 bits per heavy atom. The third-order valence-corrected chi connectivity index (χ3v) is 2.38. The molecule has 2 rings (SSSR count). The topological polar surface area (TPSA) is 64.9 Å². The zero-order chi connectivity index (χ0) is 13.7. The fourth-order valence-corrected chi connectivity index (χ4v) is 1.54. The van der Waals surface area contributed by atoms with E-state index in [1.54, 1.807) is 30.3 Å². The minimum Gasteiger partial charge on any atom is -0.308 e. The van der Waals surface area contributed by atoms with Gasteiger partial charge in [-0.1, -0.05) is 18.2 Å². The Labute approximate surface area is 109 Å². The van der Waals surface area contributed by atoms with Crippen molar-refractivity contribution in [3.05, 3.63) is 59.9 Å². The average molecular weight is 255 g/mol. The summed E-state index contributed by atoms with van der Waals surface area (Å²) >= 11 is 0. The van der Waals surface area contributed by atoms with Gasteiger partial charge < -0.3 is 10.6 Å². The van der Waals surface area contributed by atoms with Crippen LogP contribution in [0.15, 0.2) is 48.5 Å². The van der Waals surface area contributed by atoms with Gasteiger partial charge in [-0.15, -0.1) is 0 Å². The first-order valence-electron chi connectivity index (χ1n) is 5.52. The number of urea groups is 1. The lowest BCUT2D eigenvalue weighted by Gasteiger charge is -2.08. The molecule has 0 fully saturated rings. The summed E-state index contributed by atoms with van der Waals surface area (Å²) in [5.41, 5.74) is 1.10. The van der Waals surface area contributed by atoms with Gasteiger partial charge in [0.2, 0.25) is 0 Å². The van der Waals surface area contributed by atoms with Gasteiger partial charge in [0, 0.05) is 5.69 Å². The normalized spacial score (nSPS) is 9.47. The number of hydrogen-bond acceptors (Lipinski definition) is 2. The highest BCUT2D eigenvalue weighted by molar-refractivity contribution is 6.00. The van der Waals surface area contributed by atoms with Crippen LogP contribution in [-0.2, 0) is 0 Å². The summed E-state index contributed by atoms with van der Waals surface area (Å²) in [6.07, 6.45) is 0. The maximum Gasteiger partial charge on any atom is 0.323 e. The van der Waals surface area contributed by atoms with Crippen LogP contribution < -0.4 is 10.6 Å². The van der Waals surface area contributed by atoms with Crippen molar-refractivity contribution in [2.24, 2.45) is 0 Å². The smallest absolute Gasteiger partial charge is 0.308 e. The van der Waals surface area contributed by atoms with Crippen molar-refractivity contribution < 1.29 is 9.18 Å². The molecular weight excluding hydrogens is 245 g/mol. The first-order chi connectivity index (χ1) is 9.19. The van der Waals surface area contributed by atoms with E-state index in [1.807, 2.05) is 6.07 Å². The molecule has 0 saturated carbocycles. The Kier molecular flexibility index (Phi) is 3.74. The Bertz CT molecular complexity index is 649. The number of nitrogens with one attached hydrogen (secondary N) is 2. The van der Waals surface area contributed by atoms with Crippen molar-refractivity contribution in [2.75, 3.05) is 10.6 Å². The minimum absolute atomic E-state index is 0.340. The summed E-state index contributed by atoms with van der Waals surface area (Å²) in [7, 11) is 0. The Balaban J connectivity index is 2.08. The molecule has 0 aliphatic carbocycles. The molecule has 2 N–H and O–H groups in total. The van der Waals surface area contributed by atoms with E-state index in [-0.39, 0.29) is 0 Å². The second-order valence-corrected chi connectivity index (χ2v) is 3.75. The van der Waals surface area contributed by atoms with E-state index in [1.165, 1.54) is 18.2 Å². The van der Waals surface area contributed by atoms with Crippen molar-refractivity contribution in [1.82, 2.24) is 0 Å². The first-order valence-corrected chi connectivity index (χ1v) is 5.52. The number of para-hydroxylation sites is 1. The minimum atomic E-state index is -0.534. The third-order valence-electron chi connectivity index (χ3n) is 2.38. The molecule has 0 saturated heterocycles. The van der Waals surface area contributed by atoms with Crippen molar-refractivity contribution in [3.63, 3.8) is 0 Å². The fourth-order valence-electron chi connectivity index (χ4n) is 1.54. The molecule has 0 atom stereocenters. The monoisotopic (exact) mass is 255 g/mol. The number of halogens is 1. The first kappa shape index (κ1) is 12.6. The lowest BCUT2D eigenvalue weighted by atomic mass is 10.2. The standard InChI is InChI=1S/C14H10FN3O/c15-11-5-3-6-12(8-11)17-14(19)18-13-7-2-1-4-10(13)9-16/h1-8H,(H2,17,18,19). The second kappa shape index (κ2) is 5.65. The van der Waals surface area contributed by atoms with Crippen molar-refractivity contribution in [3.8, 4) is 6.07 Å². The molecule has 2 amide bonds. The van der Waals surface area contributed by atoms with Crippen LogP contribution in [0, 0.1) is 17.1 Å². The number of nitriles is 1. The van der Waals surface area contributed by atoms with Crippen LogP contribution in [0.5, 0.6) is 0 Å². The van der Waals surface area contributed by atoms with E-state index in [2.05, 4.69) is 10.6 Å². The van der Waals surface area contributed by atoms with E-state index in [0.717, 1.165) is 0 Å². The fraction of sp³-hybridized carbons (Fsp3) is 0. The van der Waals surface area contributed by atoms with Crippen molar-refractivity contribution in [2.45, 2.75) is 0 Å². The summed E-state index contributed by atoms with van der Waals surface area (Å²) in [6.45, 7) is 0. The van der Waals surface area contributed by atoms with Crippen LogP contribution >= 0.6 is 0 Å². The van der Waals surface area contributed by atoms with Crippen molar-refractivity contribution >= 4 is 17.4 Å². The van der Waals surface area contributed by atoms with Crippen LogP contribution in [-0.4, -0.2) is 6.03 Å². The zero-order valence-corrected chi connectivity index (χ0v) is 9.85. The highest BCUT2D eigenvalue weighted by Crippen LogP contribution is 2.14. The zero-order valence-electron chi connectivity index (χ0n) is 9.85. The molecule has 0 aliphatic rings. The number of benzene rings is 2. The van der Waals surface area contributed by atoms with Crippen LogP contribution in [0.3, 0.4) is 0 Å². The van der Waals surface area contributed by atoms with Gasteiger partial charge in [-0.25, -0.2) is 9.18 Å². The SMILES string of the molecule is N#Cc1ccccc1NC(=O)Nc1cccc(F)c1. The number of nitrogens with zero attached hydrogens (tertiary/aromatic N) is 1. The van der Waals surface area contributed by atoms with Gasteiger partial charge in [0.1, 0.15) is 11.9 Å². The van der Waals surface area contributed by atoms with E-state index >= 15 is 0 Å². The Hall–Kier alpha value is -2.87. The molecule has 0 bridgehead atoms. The number of rotatable bonds is 2. The largest absolute Gasteiger partial charge is 0.323 e. The van der Waals surface area contributed by atoms with Crippen molar-refractivity contribution in [1.29, 1.82) is 5.26 Å². The van der Waals surface area contributed by atoms with Gasteiger partial charge >= 0.3 is 6.03 Å². The Morgan fingerprint density at radius 2 is 1.89 bits per heavy atom. The summed E-state index contributed by atoms with van der Waals surface area (Å²) in [6, 6.07) is 13.6. The van der Waals surface area contributed by atoms with E-state index < -0.39 is 11.8 Å². The lowest BCUT2D eigenvalue weighted by Crippen LogP contribution is -2.20. The summed E-state index contributed by atoms with van der Waals surface area (Å²) < 4.78 is 12.9. The van der Waals surface area contributed by atoms with Crippen LogP contribution in [0.25, 0.3) is 0 Å². The molecule has 0 aliphatic heterocycles. The lowest BCUT2D eigenvalue weighted by molar-refractivity contribution is 0.262. The maximum absolute atomic E-state index is 12.9. The van der Waals surface area contributed by atoms with Gasteiger partial charge in [0.05, 0.1) is 11.3 Å². The van der Waals surface area contributed by atoms with E-state index in [9.17, 15) is 9.18 Å². The molecule has 0 aromatic heterocycles. The maximum atomic E-state index is 12.9. The number of anilines is 2. The molecule has 19 heavy (non-hydrogen) atoms. The third kappa shape index (κ3) is 3.30. The summed E-state index contributed by atoms with van der Waals surface area (Å²) in [4.78, 5) is 11.7. The highest BCUT2D eigenvalue weighted by Gasteiger charge is 2.06. The number of carbonyl (C=O) groups is 1. The molecule has 2 aromatic carbocycles. The molecule has 4 nitrogen and oxygen atoms in total. The second-order valence-electron chi connectivity index (χ2n) is 3.75. The van der Waals surface area contributed by atoms with Gasteiger partial charge in [0.15, 0.2) is 0 Å². The quantitative estimate of drug-likeness (QED) is 0.864. The van der Waals surface area contributed by atoms with Gasteiger partial charge in [-0.2, -0.15) is 5.26 Å². The van der Waals surface area contributed by atoms with Gasteiger partial charge in [-0.3, -0.25) is 0 Å². The number of carbonyl (C=O) groups excluding carboxylic acids is 1. The van der Waals surface area contributed by atoms with Gasteiger partial charge in [-0.05, 0) is 30.3 Å². The summed E-state index contributed by atoms with van der Waals surface area (Å²) in [5, 5.41) is 13.9. The van der Waals surface area contributed by atoms with E-state index in [0.29, 0.717) is 16.9 Å². The van der Waals surface area contributed by atoms with Crippen LogP contribution in [0.4, 0.5) is 20.6 Å². The van der Waals surface area contributed by atoms with Crippen LogP contribution in [0.1, 0.15) is 5.56 Å². The average Bonchev–Trinajstić information content (AvgIpc) is 2.39. The predicted octanol–water partition coefficient (Wildman–Crippen LogP) is 3.34. The Morgan fingerprint density at radius 3 is 2.63 bits per heavy atom. The summed E-state index contributed by atoms with van der Waals surface area (Å²) in [5.74, 6) is -0.435. The molecule has 5 heteroatoms. The molecule has 0 heterocycles. The molecule has 0 radical (unpaired) electrons. The predicted molar refractivity (Wildman–Crippen MR) is 70.2 cm³/mol. The van der Waals surface area contributed by atoms with Crippen LogP contribution in [0.2, 0.25) is 0 Å². The van der Waals surface area contributed by atoms with Gasteiger partial charge in [0.25, 0.3) is 0 Å². The number of hydrogen-bond donors (Lipinski definition) is 2.